The average molecular weight is 302 g/mol. The lowest BCUT2D eigenvalue weighted by atomic mass is 10.1. The van der Waals surface area contributed by atoms with Gasteiger partial charge in [0.25, 0.3) is 5.91 Å². The Balaban J connectivity index is 1.90. The summed E-state index contributed by atoms with van der Waals surface area (Å²) in [7, 11) is 0. The number of aryl methyl sites for hydroxylation is 2. The van der Waals surface area contributed by atoms with Gasteiger partial charge in [-0.05, 0) is 43.8 Å². The fourth-order valence-electron chi connectivity index (χ4n) is 1.77. The van der Waals surface area contributed by atoms with Crippen LogP contribution in [-0.2, 0) is 9.63 Å². The molecule has 1 amide bonds. The van der Waals surface area contributed by atoms with Gasteiger partial charge in [-0.15, -0.1) is 11.3 Å². The third-order valence-corrected chi connectivity index (χ3v) is 3.76. The molecule has 0 spiro atoms. The van der Waals surface area contributed by atoms with Crippen LogP contribution in [0.3, 0.4) is 0 Å². The molecule has 21 heavy (non-hydrogen) atoms. The van der Waals surface area contributed by atoms with E-state index in [1.54, 1.807) is 24.5 Å². The second-order valence-corrected chi connectivity index (χ2v) is 5.78. The minimum absolute atomic E-state index is 0.217. The Morgan fingerprint density at radius 1 is 1.38 bits per heavy atom. The van der Waals surface area contributed by atoms with E-state index in [9.17, 15) is 4.79 Å². The van der Waals surface area contributed by atoms with Crippen molar-refractivity contribution in [2.75, 3.05) is 5.32 Å². The Bertz CT molecular complexity index is 636. The summed E-state index contributed by atoms with van der Waals surface area (Å²) in [5.74, 6) is -0.217. The number of nitrogens with zero attached hydrogens (tertiary/aromatic N) is 1. The van der Waals surface area contributed by atoms with Gasteiger partial charge >= 0.3 is 0 Å². The summed E-state index contributed by atoms with van der Waals surface area (Å²) in [5.41, 5.74) is 2.98. The maximum atomic E-state index is 12.0. The molecule has 0 aliphatic heterocycles. The average Bonchev–Trinajstić information content (AvgIpc) is 2.95. The first-order valence-corrected chi connectivity index (χ1v) is 7.55. The Hall–Kier alpha value is -2.14. The number of nitrogens with one attached hydrogen (secondary N) is 1. The first kappa shape index (κ1) is 15.3. The summed E-state index contributed by atoms with van der Waals surface area (Å²) in [5, 5.41) is 8.64. The quantitative estimate of drug-likeness (QED) is 0.675. The smallest absolute Gasteiger partial charge is 0.267 e. The number of hydrogen-bond acceptors (Lipinski definition) is 4. The van der Waals surface area contributed by atoms with Gasteiger partial charge in [0, 0.05) is 10.6 Å². The van der Waals surface area contributed by atoms with Crippen LogP contribution in [0.5, 0.6) is 0 Å². The molecular weight excluding hydrogens is 284 g/mol. The molecule has 1 atom stereocenters. The lowest BCUT2D eigenvalue weighted by molar-refractivity contribution is -0.126. The molecule has 110 valence electrons. The number of amides is 1. The number of anilines is 1. The number of hydrogen-bond donors (Lipinski definition) is 1. The van der Waals surface area contributed by atoms with Crippen molar-refractivity contribution in [2.45, 2.75) is 26.9 Å². The molecule has 4 nitrogen and oxygen atoms in total. The monoisotopic (exact) mass is 302 g/mol. The van der Waals surface area contributed by atoms with Gasteiger partial charge < -0.3 is 10.2 Å². The zero-order chi connectivity index (χ0) is 15.2. The first-order chi connectivity index (χ1) is 10.1. The molecule has 1 aromatic carbocycles. The van der Waals surface area contributed by atoms with Gasteiger partial charge in [0.05, 0.1) is 6.21 Å². The molecule has 1 aromatic heterocycles. The molecule has 0 aliphatic rings. The lowest BCUT2D eigenvalue weighted by Crippen LogP contribution is -2.26. The van der Waals surface area contributed by atoms with E-state index in [1.807, 2.05) is 49.6 Å². The summed E-state index contributed by atoms with van der Waals surface area (Å²) in [6.07, 6.45) is 0.952. The van der Waals surface area contributed by atoms with Gasteiger partial charge in [0.2, 0.25) is 6.10 Å². The van der Waals surface area contributed by atoms with Crippen LogP contribution in [0.2, 0.25) is 0 Å². The van der Waals surface area contributed by atoms with Gasteiger partial charge in [-0.25, -0.2) is 0 Å². The molecule has 1 N–H and O–H groups in total. The van der Waals surface area contributed by atoms with Crippen molar-refractivity contribution in [1.82, 2.24) is 0 Å². The van der Waals surface area contributed by atoms with Crippen LogP contribution in [0.1, 0.15) is 22.9 Å². The first-order valence-electron chi connectivity index (χ1n) is 6.67. The molecular formula is C16H18N2O2S. The zero-order valence-corrected chi connectivity index (χ0v) is 13.1. The van der Waals surface area contributed by atoms with Crippen LogP contribution in [0.25, 0.3) is 0 Å². The highest BCUT2D eigenvalue weighted by Gasteiger charge is 2.15. The number of rotatable bonds is 5. The van der Waals surface area contributed by atoms with E-state index in [2.05, 4.69) is 10.5 Å². The summed E-state index contributed by atoms with van der Waals surface area (Å²) in [6, 6.07) is 9.74. The zero-order valence-electron chi connectivity index (χ0n) is 12.3. The SMILES string of the molecule is Cc1ccc(NC(=O)C(C)O/N=C/c2cccs2)c(C)c1. The Labute approximate surface area is 128 Å². The van der Waals surface area contributed by atoms with Crippen LogP contribution >= 0.6 is 11.3 Å². The summed E-state index contributed by atoms with van der Waals surface area (Å²) in [6.45, 7) is 5.65. The fraction of sp³-hybridized carbons (Fsp3) is 0.250. The van der Waals surface area contributed by atoms with E-state index in [0.29, 0.717) is 0 Å². The number of benzene rings is 1. The third-order valence-electron chi connectivity index (χ3n) is 2.95. The number of carbonyl (C=O) groups excluding carboxylic acids is 1. The summed E-state index contributed by atoms with van der Waals surface area (Å²) >= 11 is 1.56. The van der Waals surface area contributed by atoms with Crippen molar-refractivity contribution in [1.29, 1.82) is 0 Å². The van der Waals surface area contributed by atoms with E-state index < -0.39 is 6.10 Å². The molecule has 1 unspecified atom stereocenters. The lowest BCUT2D eigenvalue weighted by Gasteiger charge is -2.12. The van der Waals surface area contributed by atoms with Crippen LogP contribution in [0, 0.1) is 13.8 Å². The van der Waals surface area contributed by atoms with Crippen LogP contribution < -0.4 is 5.32 Å². The standard InChI is InChI=1S/C16H18N2O2S/c1-11-6-7-15(12(2)9-11)18-16(19)13(3)20-17-10-14-5-4-8-21-14/h4-10,13H,1-3H3,(H,18,19)/b17-10+. The highest BCUT2D eigenvalue weighted by atomic mass is 32.1. The van der Waals surface area contributed by atoms with Gasteiger partial charge in [0.1, 0.15) is 0 Å². The van der Waals surface area contributed by atoms with Crippen molar-refractivity contribution in [3.05, 3.63) is 51.7 Å². The van der Waals surface area contributed by atoms with Crippen LogP contribution in [0.4, 0.5) is 5.69 Å². The highest BCUT2D eigenvalue weighted by Crippen LogP contribution is 2.16. The van der Waals surface area contributed by atoms with Crippen LogP contribution in [-0.4, -0.2) is 18.2 Å². The maximum absolute atomic E-state index is 12.0. The van der Waals surface area contributed by atoms with Gasteiger partial charge in [-0.3, -0.25) is 4.79 Å². The molecule has 0 saturated carbocycles. The third kappa shape index (κ3) is 4.43. The molecule has 2 rings (SSSR count). The van der Waals surface area contributed by atoms with Crippen LogP contribution in [0.15, 0.2) is 40.9 Å². The predicted molar refractivity (Wildman–Crippen MR) is 87.0 cm³/mol. The summed E-state index contributed by atoms with van der Waals surface area (Å²) < 4.78 is 0. The van der Waals surface area contributed by atoms with Crippen molar-refractivity contribution < 1.29 is 9.63 Å². The molecule has 2 aromatic rings. The van der Waals surface area contributed by atoms with E-state index in [4.69, 9.17) is 4.84 Å². The van der Waals surface area contributed by atoms with Gasteiger partial charge in [-0.2, -0.15) is 0 Å². The topological polar surface area (TPSA) is 50.7 Å². The van der Waals surface area contributed by atoms with Crippen molar-refractivity contribution in [3.8, 4) is 0 Å². The van der Waals surface area contributed by atoms with E-state index in [1.165, 1.54) is 0 Å². The molecule has 0 radical (unpaired) electrons. The largest absolute Gasteiger partial charge is 0.383 e. The van der Waals surface area contributed by atoms with Gasteiger partial charge in [0.15, 0.2) is 0 Å². The second-order valence-electron chi connectivity index (χ2n) is 4.81. The normalized spacial score (nSPS) is 12.3. The van der Waals surface area contributed by atoms with E-state index >= 15 is 0 Å². The highest BCUT2D eigenvalue weighted by molar-refractivity contribution is 7.11. The van der Waals surface area contributed by atoms with Crippen molar-refractivity contribution in [2.24, 2.45) is 5.16 Å². The minimum atomic E-state index is -0.651. The number of carbonyl (C=O) groups is 1. The Morgan fingerprint density at radius 3 is 2.86 bits per heavy atom. The number of oxime groups is 1. The molecule has 0 bridgehead atoms. The van der Waals surface area contributed by atoms with Crippen molar-refractivity contribution >= 4 is 29.1 Å². The van der Waals surface area contributed by atoms with Crippen molar-refractivity contribution in [3.63, 3.8) is 0 Å². The predicted octanol–water partition coefficient (Wildman–Crippen LogP) is 3.74. The second kappa shape index (κ2) is 7.04. The molecule has 0 saturated heterocycles. The molecule has 1 heterocycles. The molecule has 0 fully saturated rings. The van der Waals surface area contributed by atoms with E-state index in [0.717, 1.165) is 21.7 Å². The Kier molecular flexibility index (Phi) is 5.11. The fourth-order valence-corrected chi connectivity index (χ4v) is 2.35. The van der Waals surface area contributed by atoms with E-state index in [-0.39, 0.29) is 5.91 Å². The number of thiophene rings is 1. The molecule has 0 aliphatic carbocycles. The van der Waals surface area contributed by atoms with Gasteiger partial charge in [-0.1, -0.05) is 28.9 Å². The minimum Gasteiger partial charge on any atom is -0.383 e. The molecule has 5 heteroatoms. The Morgan fingerprint density at radius 2 is 2.19 bits per heavy atom. The summed E-state index contributed by atoms with van der Waals surface area (Å²) in [4.78, 5) is 18.2. The maximum Gasteiger partial charge on any atom is 0.267 e.